The second-order valence-corrected chi connectivity index (χ2v) is 8.38. The lowest BCUT2D eigenvalue weighted by atomic mass is 9.79. The maximum absolute atomic E-state index is 13.0. The van der Waals surface area contributed by atoms with Gasteiger partial charge in [0.25, 0.3) is 0 Å². The van der Waals surface area contributed by atoms with Crippen molar-refractivity contribution in [2.75, 3.05) is 32.6 Å². The summed E-state index contributed by atoms with van der Waals surface area (Å²) in [5.41, 5.74) is 0.679. The van der Waals surface area contributed by atoms with Crippen molar-refractivity contribution in [2.45, 2.75) is 26.3 Å². The van der Waals surface area contributed by atoms with Crippen molar-refractivity contribution in [1.82, 2.24) is 10.2 Å². The van der Waals surface area contributed by atoms with E-state index in [2.05, 4.69) is 10.6 Å². The van der Waals surface area contributed by atoms with Crippen LogP contribution in [0.4, 0.5) is 14.9 Å². The van der Waals surface area contributed by atoms with Crippen LogP contribution in [0, 0.1) is 11.2 Å². The number of urea groups is 1. The van der Waals surface area contributed by atoms with Crippen molar-refractivity contribution in [3.63, 3.8) is 0 Å². The third kappa shape index (κ3) is 5.43. The summed E-state index contributed by atoms with van der Waals surface area (Å²) in [5, 5.41) is 6.10. The normalized spacial score (nSPS) is 15.1. The molecule has 1 heterocycles. The summed E-state index contributed by atoms with van der Waals surface area (Å²) in [4.78, 5) is 27.2. The van der Waals surface area contributed by atoms with Crippen LogP contribution in [0.3, 0.4) is 0 Å². The zero-order valence-corrected chi connectivity index (χ0v) is 19.1. The van der Waals surface area contributed by atoms with Gasteiger partial charge in [-0.25, -0.2) is 9.18 Å². The Morgan fingerprint density at radius 2 is 1.72 bits per heavy atom. The second-order valence-electron chi connectivity index (χ2n) is 7.97. The quantitative estimate of drug-likeness (QED) is 0.663. The molecule has 0 aliphatic carbocycles. The number of anilines is 1. The molecule has 0 saturated carbocycles. The second kappa shape index (κ2) is 10.1. The number of ether oxygens (including phenoxy) is 2. The summed E-state index contributed by atoms with van der Waals surface area (Å²) >= 11 is 6.17. The fourth-order valence-electron chi connectivity index (χ4n) is 3.58. The van der Waals surface area contributed by atoms with E-state index in [0.29, 0.717) is 54.7 Å². The van der Waals surface area contributed by atoms with Crippen molar-refractivity contribution in [3.05, 3.63) is 52.8 Å². The van der Waals surface area contributed by atoms with Crippen LogP contribution in [0.25, 0.3) is 0 Å². The van der Waals surface area contributed by atoms with E-state index in [1.54, 1.807) is 29.2 Å². The van der Waals surface area contributed by atoms with Gasteiger partial charge in [-0.1, -0.05) is 30.7 Å². The summed E-state index contributed by atoms with van der Waals surface area (Å²) < 4.78 is 23.5. The van der Waals surface area contributed by atoms with Crippen LogP contribution in [-0.4, -0.2) is 44.1 Å². The molecule has 3 rings (SSSR count). The summed E-state index contributed by atoms with van der Waals surface area (Å²) in [7, 11) is 2.99. The number of nitrogens with zero attached hydrogens (tertiary/aromatic N) is 1. The smallest absolute Gasteiger partial charge is 0.321 e. The van der Waals surface area contributed by atoms with E-state index in [-0.39, 0.29) is 17.8 Å². The number of nitrogens with one attached hydrogen (secondary N) is 2. The molecule has 9 heteroatoms. The number of rotatable bonds is 6. The van der Waals surface area contributed by atoms with Crippen molar-refractivity contribution < 1.29 is 23.5 Å². The van der Waals surface area contributed by atoms with Crippen LogP contribution in [-0.2, 0) is 11.3 Å². The lowest BCUT2D eigenvalue weighted by Gasteiger charge is -2.38. The van der Waals surface area contributed by atoms with E-state index in [0.717, 1.165) is 5.56 Å². The van der Waals surface area contributed by atoms with Gasteiger partial charge in [-0.15, -0.1) is 0 Å². The van der Waals surface area contributed by atoms with Gasteiger partial charge in [0, 0.05) is 31.1 Å². The number of methoxy groups -OCH3 is 2. The Morgan fingerprint density at radius 1 is 1.09 bits per heavy atom. The molecular weight excluding hydrogens is 437 g/mol. The average molecular weight is 464 g/mol. The highest BCUT2D eigenvalue weighted by molar-refractivity contribution is 6.32. The van der Waals surface area contributed by atoms with Crippen molar-refractivity contribution in [1.29, 1.82) is 0 Å². The van der Waals surface area contributed by atoms with Gasteiger partial charge < -0.3 is 25.0 Å². The molecule has 3 amide bonds. The molecule has 2 aromatic rings. The Labute approximate surface area is 191 Å². The third-order valence-electron chi connectivity index (χ3n) is 5.78. The number of halogens is 2. The maximum atomic E-state index is 13.0. The minimum Gasteiger partial charge on any atom is -0.495 e. The van der Waals surface area contributed by atoms with E-state index in [1.807, 2.05) is 6.92 Å². The summed E-state index contributed by atoms with van der Waals surface area (Å²) in [6.07, 6.45) is 1.05. The molecule has 172 valence electrons. The topological polar surface area (TPSA) is 79.9 Å². The van der Waals surface area contributed by atoms with E-state index < -0.39 is 5.41 Å². The summed E-state index contributed by atoms with van der Waals surface area (Å²) in [5.74, 6) is 0.487. The number of likely N-dealkylation sites (tertiary alicyclic amines) is 1. The molecular formula is C23H27ClFN3O4. The SMILES string of the molecule is COc1cc(OC)c(NC(=O)N2CCC(C)(C(=O)NCc3ccc(F)cc3)CC2)cc1Cl. The van der Waals surface area contributed by atoms with Crippen LogP contribution in [0.15, 0.2) is 36.4 Å². The molecule has 1 saturated heterocycles. The molecule has 0 atom stereocenters. The number of piperidine rings is 1. The molecule has 0 radical (unpaired) electrons. The van der Waals surface area contributed by atoms with E-state index in [9.17, 15) is 14.0 Å². The number of benzene rings is 2. The highest BCUT2D eigenvalue weighted by Crippen LogP contribution is 2.36. The monoisotopic (exact) mass is 463 g/mol. The molecule has 0 aromatic heterocycles. The van der Waals surface area contributed by atoms with E-state index >= 15 is 0 Å². The Kier molecular flexibility index (Phi) is 7.45. The average Bonchev–Trinajstić information content (AvgIpc) is 2.79. The summed E-state index contributed by atoms with van der Waals surface area (Å²) in [6.45, 7) is 3.09. The van der Waals surface area contributed by atoms with E-state index in [1.165, 1.54) is 26.4 Å². The van der Waals surface area contributed by atoms with Crippen LogP contribution in [0.5, 0.6) is 11.5 Å². The van der Waals surface area contributed by atoms with Gasteiger partial charge in [-0.3, -0.25) is 4.79 Å². The lowest BCUT2D eigenvalue weighted by molar-refractivity contribution is -0.132. The van der Waals surface area contributed by atoms with Crippen molar-refractivity contribution in [2.24, 2.45) is 5.41 Å². The van der Waals surface area contributed by atoms with Gasteiger partial charge in [0.1, 0.15) is 17.3 Å². The van der Waals surface area contributed by atoms with Gasteiger partial charge in [-0.2, -0.15) is 0 Å². The lowest BCUT2D eigenvalue weighted by Crippen LogP contribution is -2.49. The highest BCUT2D eigenvalue weighted by Gasteiger charge is 2.38. The molecule has 32 heavy (non-hydrogen) atoms. The number of carbonyl (C=O) groups is 2. The Balaban J connectivity index is 1.56. The highest BCUT2D eigenvalue weighted by atomic mass is 35.5. The minimum atomic E-state index is -0.585. The van der Waals surface area contributed by atoms with Crippen LogP contribution in [0.1, 0.15) is 25.3 Å². The predicted molar refractivity (Wildman–Crippen MR) is 121 cm³/mol. The molecule has 1 fully saturated rings. The molecule has 2 aromatic carbocycles. The molecule has 1 aliphatic rings. The number of amides is 3. The molecule has 1 aliphatic heterocycles. The Bertz CT molecular complexity index is 976. The predicted octanol–water partition coefficient (Wildman–Crippen LogP) is 4.45. The van der Waals surface area contributed by atoms with Gasteiger partial charge in [0.05, 0.1) is 24.9 Å². The molecule has 7 nitrogen and oxygen atoms in total. The first-order valence-electron chi connectivity index (χ1n) is 10.3. The van der Waals surface area contributed by atoms with Gasteiger partial charge in [0.2, 0.25) is 5.91 Å². The van der Waals surface area contributed by atoms with Crippen LogP contribution < -0.4 is 20.1 Å². The fraction of sp³-hybridized carbons (Fsp3) is 0.391. The first-order valence-corrected chi connectivity index (χ1v) is 10.6. The Morgan fingerprint density at radius 3 is 2.31 bits per heavy atom. The molecule has 2 N–H and O–H groups in total. The zero-order chi connectivity index (χ0) is 23.3. The number of carbonyl (C=O) groups excluding carboxylic acids is 2. The molecule has 0 bridgehead atoms. The first-order chi connectivity index (χ1) is 15.3. The van der Waals surface area contributed by atoms with Crippen molar-refractivity contribution >= 4 is 29.2 Å². The zero-order valence-electron chi connectivity index (χ0n) is 18.3. The largest absolute Gasteiger partial charge is 0.495 e. The van der Waals surface area contributed by atoms with Crippen LogP contribution in [0.2, 0.25) is 5.02 Å². The van der Waals surface area contributed by atoms with Gasteiger partial charge in [-0.05, 0) is 36.6 Å². The Hall–Kier alpha value is -3.00. The fourth-order valence-corrected chi connectivity index (χ4v) is 3.82. The summed E-state index contributed by atoms with van der Waals surface area (Å²) in [6, 6.07) is 8.91. The minimum absolute atomic E-state index is 0.0783. The number of hydrogen-bond donors (Lipinski definition) is 2. The standard InChI is InChI=1S/C23H27ClFN3O4/c1-23(21(29)26-14-15-4-6-16(25)7-5-15)8-10-28(11-9-23)22(30)27-18-12-17(24)19(31-2)13-20(18)32-3/h4-7,12-13H,8-11,14H2,1-3H3,(H,26,29)(H,27,30). The van der Waals surface area contributed by atoms with Crippen molar-refractivity contribution in [3.8, 4) is 11.5 Å². The van der Waals surface area contributed by atoms with Crippen LogP contribution >= 0.6 is 11.6 Å². The number of hydrogen-bond acceptors (Lipinski definition) is 4. The van der Waals surface area contributed by atoms with E-state index in [4.69, 9.17) is 21.1 Å². The maximum Gasteiger partial charge on any atom is 0.321 e. The third-order valence-corrected chi connectivity index (χ3v) is 6.08. The van der Waals surface area contributed by atoms with Gasteiger partial charge >= 0.3 is 6.03 Å². The molecule has 0 spiro atoms. The molecule has 0 unspecified atom stereocenters. The van der Waals surface area contributed by atoms with Gasteiger partial charge in [0.15, 0.2) is 0 Å². The first kappa shape index (κ1) is 23.7.